The highest BCUT2D eigenvalue weighted by Gasteiger charge is 2.39. The lowest BCUT2D eigenvalue weighted by atomic mass is 9.85. The lowest BCUT2D eigenvalue weighted by Gasteiger charge is -2.40. The SMILES string of the molecule is O=C1CC[C@H](c2c(F)cc(N3CC(OC(=O)Nc4cc(Cl)ccc4F)C3)c3c2CCO3)C(=O)N1. The topological polar surface area (TPSA) is 97.0 Å². The van der Waals surface area contributed by atoms with Gasteiger partial charge in [0.1, 0.15) is 23.5 Å². The van der Waals surface area contributed by atoms with Crippen LogP contribution in [0.4, 0.5) is 25.0 Å². The highest BCUT2D eigenvalue weighted by molar-refractivity contribution is 6.30. The Balaban J connectivity index is 1.27. The second-order valence-electron chi connectivity index (χ2n) is 8.38. The number of ether oxygens (including phenoxy) is 2. The summed E-state index contributed by atoms with van der Waals surface area (Å²) in [5.41, 5.74) is 1.33. The predicted octanol–water partition coefficient (Wildman–Crippen LogP) is 3.51. The molecule has 1 atom stereocenters. The molecule has 2 saturated heterocycles. The zero-order chi connectivity index (χ0) is 24.0. The van der Waals surface area contributed by atoms with Crippen LogP contribution < -0.4 is 20.3 Å². The summed E-state index contributed by atoms with van der Waals surface area (Å²) in [6.07, 6.45) is -0.465. The normalized spacial score (nSPS) is 19.7. The second kappa shape index (κ2) is 8.75. The molecule has 2 fully saturated rings. The molecule has 2 aromatic rings. The number of fused-ring (bicyclic) bond motifs is 1. The molecule has 3 aliphatic rings. The van der Waals surface area contributed by atoms with E-state index >= 15 is 4.39 Å². The van der Waals surface area contributed by atoms with Crippen molar-refractivity contribution in [2.45, 2.75) is 31.3 Å². The van der Waals surface area contributed by atoms with Gasteiger partial charge in [0.2, 0.25) is 11.8 Å². The fraction of sp³-hybridized carbons (Fsp3) is 0.348. The number of benzene rings is 2. The van der Waals surface area contributed by atoms with Crippen molar-refractivity contribution in [3.05, 3.63) is 52.0 Å². The van der Waals surface area contributed by atoms with Crippen LogP contribution in [0, 0.1) is 11.6 Å². The van der Waals surface area contributed by atoms with Crippen molar-refractivity contribution in [1.29, 1.82) is 0 Å². The van der Waals surface area contributed by atoms with Crippen molar-refractivity contribution in [3.8, 4) is 5.75 Å². The first-order chi connectivity index (χ1) is 16.3. The Labute approximate surface area is 198 Å². The van der Waals surface area contributed by atoms with E-state index in [0.29, 0.717) is 43.1 Å². The highest BCUT2D eigenvalue weighted by Crippen LogP contribution is 2.45. The van der Waals surface area contributed by atoms with E-state index in [-0.39, 0.29) is 35.0 Å². The Morgan fingerprint density at radius 2 is 1.97 bits per heavy atom. The molecule has 8 nitrogen and oxygen atoms in total. The van der Waals surface area contributed by atoms with E-state index in [1.165, 1.54) is 18.2 Å². The summed E-state index contributed by atoms with van der Waals surface area (Å²) in [4.78, 5) is 37.7. The molecular formula is C23H20ClF2N3O5. The van der Waals surface area contributed by atoms with Gasteiger partial charge in [-0.05, 0) is 24.6 Å². The lowest BCUT2D eigenvalue weighted by Crippen LogP contribution is -2.53. The Morgan fingerprint density at radius 3 is 2.74 bits per heavy atom. The number of nitrogens with one attached hydrogen (secondary N) is 2. The van der Waals surface area contributed by atoms with Crippen LogP contribution in [0.25, 0.3) is 0 Å². The van der Waals surface area contributed by atoms with E-state index in [2.05, 4.69) is 10.6 Å². The van der Waals surface area contributed by atoms with Crippen LogP contribution in [-0.4, -0.2) is 43.7 Å². The van der Waals surface area contributed by atoms with Crippen LogP contribution in [0.1, 0.15) is 29.9 Å². The summed E-state index contributed by atoms with van der Waals surface area (Å²) in [5, 5.41) is 4.86. The number of halogens is 3. The van der Waals surface area contributed by atoms with E-state index in [1.807, 2.05) is 0 Å². The van der Waals surface area contributed by atoms with E-state index in [4.69, 9.17) is 21.1 Å². The number of hydrogen-bond donors (Lipinski definition) is 2. The van der Waals surface area contributed by atoms with Gasteiger partial charge in [0.15, 0.2) is 0 Å². The molecule has 0 spiro atoms. The largest absolute Gasteiger partial charge is 0.491 e. The third-order valence-corrected chi connectivity index (χ3v) is 6.40. The first-order valence-electron chi connectivity index (χ1n) is 10.8. The first-order valence-corrected chi connectivity index (χ1v) is 11.2. The standard InChI is InChI=1S/C23H20ClF2N3O5/c24-11-1-3-15(25)17(7-11)27-23(32)34-12-9-29(10-12)18-8-16(26)20(13-5-6-33-21(13)18)14-2-4-19(30)28-22(14)31/h1,3,7-8,12,14H,2,4-6,9-10H2,(H,27,32)(H,28,30,31)/t14-/m1/s1. The quantitative estimate of drug-likeness (QED) is 0.635. The Bertz CT molecular complexity index is 1200. The third kappa shape index (κ3) is 4.13. The fourth-order valence-electron chi connectivity index (χ4n) is 4.52. The molecule has 0 saturated carbocycles. The average molecular weight is 492 g/mol. The number of anilines is 2. The Kier molecular flexibility index (Phi) is 5.76. The first kappa shape index (κ1) is 22.4. The monoisotopic (exact) mass is 491 g/mol. The molecule has 5 rings (SSSR count). The van der Waals surface area contributed by atoms with Gasteiger partial charge in [-0.1, -0.05) is 11.6 Å². The van der Waals surface area contributed by atoms with Crippen molar-refractivity contribution in [2.24, 2.45) is 0 Å². The maximum Gasteiger partial charge on any atom is 0.412 e. The number of rotatable bonds is 4. The molecule has 3 aliphatic heterocycles. The van der Waals surface area contributed by atoms with E-state index in [1.54, 1.807) is 4.90 Å². The number of nitrogens with zero attached hydrogens (tertiary/aromatic N) is 1. The minimum absolute atomic E-state index is 0.0917. The van der Waals surface area contributed by atoms with Gasteiger partial charge in [0.05, 0.1) is 37.0 Å². The molecule has 34 heavy (non-hydrogen) atoms. The minimum Gasteiger partial charge on any atom is -0.491 e. The maximum atomic E-state index is 15.2. The van der Waals surface area contributed by atoms with Gasteiger partial charge in [0.25, 0.3) is 0 Å². The van der Waals surface area contributed by atoms with Crippen LogP contribution >= 0.6 is 11.6 Å². The summed E-state index contributed by atoms with van der Waals surface area (Å²) < 4.78 is 40.1. The molecular weight excluding hydrogens is 472 g/mol. The molecule has 3 amide bonds. The molecule has 0 aromatic heterocycles. The van der Waals surface area contributed by atoms with Gasteiger partial charge in [-0.3, -0.25) is 20.2 Å². The lowest BCUT2D eigenvalue weighted by molar-refractivity contribution is -0.134. The van der Waals surface area contributed by atoms with Gasteiger partial charge in [-0.25, -0.2) is 13.6 Å². The number of imide groups is 1. The molecule has 2 N–H and O–H groups in total. The zero-order valence-electron chi connectivity index (χ0n) is 17.8. The summed E-state index contributed by atoms with van der Waals surface area (Å²) >= 11 is 5.82. The highest BCUT2D eigenvalue weighted by atomic mass is 35.5. The van der Waals surface area contributed by atoms with Gasteiger partial charge in [0, 0.05) is 35.1 Å². The molecule has 3 heterocycles. The molecule has 2 aromatic carbocycles. The molecule has 0 bridgehead atoms. The summed E-state index contributed by atoms with van der Waals surface area (Å²) in [7, 11) is 0. The maximum absolute atomic E-state index is 15.2. The van der Waals surface area contributed by atoms with E-state index < -0.39 is 35.7 Å². The summed E-state index contributed by atoms with van der Waals surface area (Å²) in [6.45, 7) is 0.935. The van der Waals surface area contributed by atoms with Gasteiger partial charge in [-0.2, -0.15) is 0 Å². The van der Waals surface area contributed by atoms with Gasteiger partial charge >= 0.3 is 6.09 Å². The smallest absolute Gasteiger partial charge is 0.412 e. The Hall–Kier alpha value is -3.40. The number of carbonyl (C=O) groups is 3. The number of amides is 3. The molecule has 11 heteroatoms. The zero-order valence-corrected chi connectivity index (χ0v) is 18.6. The van der Waals surface area contributed by atoms with Crippen LogP contribution in [0.15, 0.2) is 24.3 Å². The molecule has 178 valence electrons. The molecule has 0 unspecified atom stereocenters. The Morgan fingerprint density at radius 1 is 1.18 bits per heavy atom. The molecule has 0 aliphatic carbocycles. The fourth-order valence-corrected chi connectivity index (χ4v) is 4.69. The van der Waals surface area contributed by atoms with Crippen molar-refractivity contribution < 1.29 is 32.6 Å². The van der Waals surface area contributed by atoms with Crippen LogP contribution in [0.5, 0.6) is 5.75 Å². The third-order valence-electron chi connectivity index (χ3n) is 6.17. The number of carbonyl (C=O) groups excluding carboxylic acids is 3. The van der Waals surface area contributed by atoms with Crippen LogP contribution in [0.3, 0.4) is 0 Å². The second-order valence-corrected chi connectivity index (χ2v) is 8.82. The van der Waals surface area contributed by atoms with E-state index in [0.717, 1.165) is 6.07 Å². The van der Waals surface area contributed by atoms with Gasteiger partial charge < -0.3 is 14.4 Å². The van der Waals surface area contributed by atoms with Crippen LogP contribution in [-0.2, 0) is 20.7 Å². The van der Waals surface area contributed by atoms with Crippen molar-refractivity contribution in [1.82, 2.24) is 5.32 Å². The van der Waals surface area contributed by atoms with Crippen molar-refractivity contribution in [2.75, 3.05) is 29.9 Å². The summed E-state index contributed by atoms with van der Waals surface area (Å²) in [5.74, 6) is -2.28. The van der Waals surface area contributed by atoms with Crippen LogP contribution in [0.2, 0.25) is 5.02 Å². The number of piperidine rings is 1. The molecule has 0 radical (unpaired) electrons. The summed E-state index contributed by atoms with van der Waals surface area (Å²) in [6, 6.07) is 5.10. The van der Waals surface area contributed by atoms with E-state index in [9.17, 15) is 18.8 Å². The van der Waals surface area contributed by atoms with Crippen molar-refractivity contribution in [3.63, 3.8) is 0 Å². The van der Waals surface area contributed by atoms with Gasteiger partial charge in [-0.15, -0.1) is 0 Å². The predicted molar refractivity (Wildman–Crippen MR) is 118 cm³/mol. The van der Waals surface area contributed by atoms with Crippen molar-refractivity contribution >= 4 is 40.9 Å². The number of hydrogen-bond acceptors (Lipinski definition) is 6. The average Bonchev–Trinajstić information content (AvgIpc) is 3.23. The minimum atomic E-state index is -0.827.